The molecule has 1 saturated carbocycles. The lowest BCUT2D eigenvalue weighted by atomic mass is 9.87. The summed E-state index contributed by atoms with van der Waals surface area (Å²) in [6.45, 7) is 4.33. The first kappa shape index (κ1) is 13.6. The third kappa shape index (κ3) is 3.33. The van der Waals surface area contributed by atoms with E-state index in [4.69, 9.17) is 10.5 Å². The Balaban J connectivity index is 2.07. The van der Waals surface area contributed by atoms with E-state index in [0.717, 1.165) is 0 Å². The van der Waals surface area contributed by atoms with Gasteiger partial charge in [-0.2, -0.15) is 0 Å². The van der Waals surface area contributed by atoms with E-state index in [9.17, 15) is 0 Å². The van der Waals surface area contributed by atoms with Crippen LogP contribution in [-0.4, -0.2) is 12.1 Å². The smallest absolute Gasteiger partial charge is 0.0976 e. The van der Waals surface area contributed by atoms with Crippen molar-refractivity contribution >= 4 is 0 Å². The normalized spacial score (nSPS) is 27.7. The zero-order valence-corrected chi connectivity index (χ0v) is 11.5. The van der Waals surface area contributed by atoms with Crippen LogP contribution in [0.3, 0.4) is 0 Å². The van der Waals surface area contributed by atoms with E-state index < -0.39 is 0 Å². The standard InChI is InChI=1S/C16H25NO/c1-12-8-6-7-11-15(12)18-16(13(2)17)14-9-4-3-5-10-14/h3-5,9-10,12-13,15-16H,6-8,11,17H2,1-2H3. The molecule has 2 heteroatoms. The van der Waals surface area contributed by atoms with Crippen LogP contribution in [0.5, 0.6) is 0 Å². The van der Waals surface area contributed by atoms with Crippen molar-refractivity contribution in [3.8, 4) is 0 Å². The highest BCUT2D eigenvalue weighted by molar-refractivity contribution is 5.19. The molecule has 0 saturated heterocycles. The lowest BCUT2D eigenvalue weighted by Gasteiger charge is -2.34. The van der Waals surface area contributed by atoms with Crippen LogP contribution in [0.2, 0.25) is 0 Å². The third-order valence-electron chi connectivity index (χ3n) is 3.96. The fourth-order valence-electron chi connectivity index (χ4n) is 2.82. The van der Waals surface area contributed by atoms with E-state index in [1.807, 2.05) is 13.0 Å². The van der Waals surface area contributed by atoms with Gasteiger partial charge in [-0.05, 0) is 31.2 Å². The van der Waals surface area contributed by atoms with Gasteiger partial charge in [0.05, 0.1) is 12.2 Å². The van der Waals surface area contributed by atoms with Gasteiger partial charge in [0.1, 0.15) is 0 Å². The average Bonchev–Trinajstić information content (AvgIpc) is 2.38. The molecule has 1 aliphatic carbocycles. The Morgan fingerprint density at radius 2 is 1.83 bits per heavy atom. The summed E-state index contributed by atoms with van der Waals surface area (Å²) in [7, 11) is 0. The lowest BCUT2D eigenvalue weighted by Crippen LogP contribution is -2.34. The molecule has 4 atom stereocenters. The van der Waals surface area contributed by atoms with Gasteiger partial charge in [0, 0.05) is 6.04 Å². The number of benzene rings is 1. The third-order valence-corrected chi connectivity index (χ3v) is 3.96. The van der Waals surface area contributed by atoms with Gasteiger partial charge in [0.15, 0.2) is 0 Å². The van der Waals surface area contributed by atoms with Crippen LogP contribution in [0.15, 0.2) is 30.3 Å². The molecule has 4 unspecified atom stereocenters. The largest absolute Gasteiger partial charge is 0.368 e. The Morgan fingerprint density at radius 3 is 2.44 bits per heavy atom. The highest BCUT2D eigenvalue weighted by atomic mass is 16.5. The predicted octanol–water partition coefficient (Wildman–Crippen LogP) is 3.67. The molecule has 0 amide bonds. The molecule has 0 aliphatic heterocycles. The van der Waals surface area contributed by atoms with Gasteiger partial charge >= 0.3 is 0 Å². The quantitative estimate of drug-likeness (QED) is 0.881. The van der Waals surface area contributed by atoms with E-state index in [-0.39, 0.29) is 12.1 Å². The van der Waals surface area contributed by atoms with Crippen LogP contribution in [0, 0.1) is 5.92 Å². The second kappa shape index (κ2) is 6.35. The van der Waals surface area contributed by atoms with Gasteiger partial charge in [-0.3, -0.25) is 0 Å². The van der Waals surface area contributed by atoms with Crippen molar-refractivity contribution in [2.75, 3.05) is 0 Å². The number of ether oxygens (including phenoxy) is 1. The molecule has 100 valence electrons. The average molecular weight is 247 g/mol. The van der Waals surface area contributed by atoms with E-state index >= 15 is 0 Å². The van der Waals surface area contributed by atoms with Crippen molar-refractivity contribution < 1.29 is 4.74 Å². The monoisotopic (exact) mass is 247 g/mol. The number of hydrogen-bond donors (Lipinski definition) is 1. The Bertz CT molecular complexity index is 349. The number of nitrogens with two attached hydrogens (primary N) is 1. The van der Waals surface area contributed by atoms with Crippen molar-refractivity contribution in [3.05, 3.63) is 35.9 Å². The molecule has 0 heterocycles. The fraction of sp³-hybridized carbons (Fsp3) is 0.625. The highest BCUT2D eigenvalue weighted by Crippen LogP contribution is 2.31. The first-order valence-corrected chi connectivity index (χ1v) is 7.14. The second-order valence-corrected chi connectivity index (χ2v) is 5.63. The zero-order chi connectivity index (χ0) is 13.0. The first-order valence-electron chi connectivity index (χ1n) is 7.14. The number of hydrogen-bond acceptors (Lipinski definition) is 2. The van der Waals surface area contributed by atoms with Gasteiger partial charge in [-0.15, -0.1) is 0 Å². The predicted molar refractivity (Wildman–Crippen MR) is 75.3 cm³/mol. The summed E-state index contributed by atoms with van der Waals surface area (Å²) in [6, 6.07) is 10.4. The van der Waals surface area contributed by atoms with E-state index in [2.05, 4.69) is 31.2 Å². The van der Waals surface area contributed by atoms with Crippen LogP contribution in [-0.2, 0) is 4.74 Å². The minimum absolute atomic E-state index is 0.0248. The summed E-state index contributed by atoms with van der Waals surface area (Å²) >= 11 is 0. The van der Waals surface area contributed by atoms with Crippen molar-refractivity contribution in [3.63, 3.8) is 0 Å². The van der Waals surface area contributed by atoms with Crippen molar-refractivity contribution in [1.82, 2.24) is 0 Å². The minimum Gasteiger partial charge on any atom is -0.368 e. The molecule has 0 bridgehead atoms. The van der Waals surface area contributed by atoms with Crippen molar-refractivity contribution in [1.29, 1.82) is 0 Å². The highest BCUT2D eigenvalue weighted by Gasteiger charge is 2.27. The van der Waals surface area contributed by atoms with Crippen molar-refractivity contribution in [2.24, 2.45) is 11.7 Å². The summed E-state index contributed by atoms with van der Waals surface area (Å²) in [5.41, 5.74) is 7.31. The Labute approximate surface area is 111 Å². The Morgan fingerprint density at radius 1 is 1.17 bits per heavy atom. The van der Waals surface area contributed by atoms with Crippen LogP contribution in [0.25, 0.3) is 0 Å². The maximum absolute atomic E-state index is 6.33. The summed E-state index contributed by atoms with van der Waals surface area (Å²) in [4.78, 5) is 0. The molecule has 0 spiro atoms. The molecule has 1 aromatic rings. The second-order valence-electron chi connectivity index (χ2n) is 5.63. The summed E-state index contributed by atoms with van der Waals surface area (Å²) in [5.74, 6) is 0.656. The molecule has 1 aromatic carbocycles. The Kier molecular flexibility index (Phi) is 4.79. The van der Waals surface area contributed by atoms with Crippen LogP contribution >= 0.6 is 0 Å². The molecule has 0 aromatic heterocycles. The molecule has 18 heavy (non-hydrogen) atoms. The van der Waals surface area contributed by atoms with Gasteiger partial charge in [0.25, 0.3) is 0 Å². The Hall–Kier alpha value is -0.860. The van der Waals surface area contributed by atoms with Crippen LogP contribution in [0.4, 0.5) is 0 Å². The van der Waals surface area contributed by atoms with Crippen molar-refractivity contribution in [2.45, 2.75) is 57.8 Å². The topological polar surface area (TPSA) is 35.2 Å². The lowest BCUT2D eigenvalue weighted by molar-refractivity contribution is -0.0651. The van der Waals surface area contributed by atoms with Gasteiger partial charge in [-0.25, -0.2) is 0 Å². The first-order chi connectivity index (χ1) is 8.68. The van der Waals surface area contributed by atoms with Gasteiger partial charge in [-0.1, -0.05) is 50.1 Å². The molecule has 1 aliphatic rings. The van der Waals surface area contributed by atoms with Crippen LogP contribution in [0.1, 0.15) is 51.2 Å². The minimum atomic E-state index is 0.0248. The molecular weight excluding hydrogens is 222 g/mol. The summed E-state index contributed by atoms with van der Waals surface area (Å²) < 4.78 is 6.33. The van der Waals surface area contributed by atoms with E-state index in [1.54, 1.807) is 0 Å². The van der Waals surface area contributed by atoms with E-state index in [1.165, 1.54) is 31.2 Å². The fourth-order valence-corrected chi connectivity index (χ4v) is 2.82. The molecule has 2 N–H and O–H groups in total. The summed E-state index contributed by atoms with van der Waals surface area (Å²) in [6.07, 6.45) is 5.49. The summed E-state index contributed by atoms with van der Waals surface area (Å²) in [5, 5.41) is 0. The van der Waals surface area contributed by atoms with Crippen LogP contribution < -0.4 is 5.73 Å². The SMILES string of the molecule is CC(N)C(OC1CCCCC1C)c1ccccc1. The molecule has 2 rings (SSSR count). The maximum atomic E-state index is 6.33. The van der Waals surface area contributed by atoms with Gasteiger partial charge < -0.3 is 10.5 Å². The van der Waals surface area contributed by atoms with E-state index in [0.29, 0.717) is 12.0 Å². The molecule has 1 fully saturated rings. The molecule has 2 nitrogen and oxygen atoms in total. The molecular formula is C16H25NO. The maximum Gasteiger partial charge on any atom is 0.0976 e. The molecule has 0 radical (unpaired) electrons. The number of rotatable bonds is 4. The zero-order valence-electron chi connectivity index (χ0n) is 11.5. The van der Waals surface area contributed by atoms with Gasteiger partial charge in [0.2, 0.25) is 0 Å².